The molecule has 1 aliphatic heterocycles. The van der Waals surface area contributed by atoms with Crippen molar-refractivity contribution in [3.63, 3.8) is 0 Å². The highest BCUT2D eigenvalue weighted by molar-refractivity contribution is 5.76. The molecule has 3 nitrogen and oxygen atoms in total. The summed E-state index contributed by atoms with van der Waals surface area (Å²) in [6, 6.07) is 11.0. The lowest BCUT2D eigenvalue weighted by atomic mass is 10.0. The fraction of sp³-hybridized carbons (Fsp3) is 0.588. The molecule has 1 aliphatic rings. The first-order valence-electron chi connectivity index (χ1n) is 7.84. The number of benzene rings is 1. The second kappa shape index (κ2) is 8.05. The van der Waals surface area contributed by atoms with E-state index in [-0.39, 0.29) is 0 Å². The summed E-state index contributed by atoms with van der Waals surface area (Å²) < 4.78 is 0. The molecule has 0 aromatic heterocycles. The van der Waals surface area contributed by atoms with Crippen molar-refractivity contribution in [1.29, 1.82) is 0 Å². The molecule has 0 aliphatic carbocycles. The maximum absolute atomic E-state index is 12.0. The fourth-order valence-electron chi connectivity index (χ4n) is 2.77. The van der Waals surface area contributed by atoms with Gasteiger partial charge in [0, 0.05) is 32.1 Å². The summed E-state index contributed by atoms with van der Waals surface area (Å²) in [6.07, 6.45) is 5.10. The minimum absolute atomic E-state index is 0.310. The van der Waals surface area contributed by atoms with Crippen molar-refractivity contribution >= 4 is 5.91 Å². The molecule has 1 unspecified atom stereocenters. The van der Waals surface area contributed by atoms with Crippen LogP contribution in [0.1, 0.15) is 38.2 Å². The molecule has 1 aromatic carbocycles. The molecular weight excluding hydrogens is 248 g/mol. The highest BCUT2D eigenvalue weighted by atomic mass is 16.2. The number of carbonyl (C=O) groups is 1. The molecule has 1 N–H and O–H groups in total. The van der Waals surface area contributed by atoms with Gasteiger partial charge in [0.05, 0.1) is 0 Å². The lowest BCUT2D eigenvalue weighted by Gasteiger charge is -2.19. The largest absolute Gasteiger partial charge is 0.343 e. The van der Waals surface area contributed by atoms with Gasteiger partial charge in [-0.25, -0.2) is 0 Å². The normalized spacial score (nSPS) is 16.4. The molecule has 3 heteroatoms. The van der Waals surface area contributed by atoms with E-state index in [1.807, 2.05) is 11.0 Å². The zero-order chi connectivity index (χ0) is 14.2. The second-order valence-electron chi connectivity index (χ2n) is 5.59. The molecule has 20 heavy (non-hydrogen) atoms. The van der Waals surface area contributed by atoms with Crippen molar-refractivity contribution in [3.05, 3.63) is 35.9 Å². The minimum atomic E-state index is 0.310. The van der Waals surface area contributed by atoms with Crippen LogP contribution in [0.15, 0.2) is 30.3 Å². The van der Waals surface area contributed by atoms with Crippen LogP contribution in [-0.4, -0.2) is 36.5 Å². The molecule has 0 bridgehead atoms. The Balaban J connectivity index is 1.69. The monoisotopic (exact) mass is 274 g/mol. The SMILES string of the molecule is CCC(Cc1ccccc1)NCCC(=O)N1CCCC1. The Kier molecular flexibility index (Phi) is 6.06. The van der Waals surface area contributed by atoms with Gasteiger partial charge in [-0.15, -0.1) is 0 Å². The van der Waals surface area contributed by atoms with Crippen molar-refractivity contribution in [2.75, 3.05) is 19.6 Å². The van der Waals surface area contributed by atoms with Gasteiger partial charge in [0.25, 0.3) is 0 Å². The van der Waals surface area contributed by atoms with Gasteiger partial charge in [-0.05, 0) is 31.2 Å². The number of nitrogens with zero attached hydrogens (tertiary/aromatic N) is 1. The fourth-order valence-corrected chi connectivity index (χ4v) is 2.77. The average Bonchev–Trinajstić information content (AvgIpc) is 3.01. The molecule has 1 atom stereocenters. The molecule has 1 saturated heterocycles. The average molecular weight is 274 g/mol. The number of rotatable bonds is 7. The topological polar surface area (TPSA) is 32.3 Å². The molecule has 110 valence electrons. The molecule has 0 saturated carbocycles. The van der Waals surface area contributed by atoms with E-state index in [1.165, 1.54) is 18.4 Å². The number of nitrogens with one attached hydrogen (secondary N) is 1. The van der Waals surface area contributed by atoms with Gasteiger partial charge in [-0.3, -0.25) is 4.79 Å². The Morgan fingerprint density at radius 2 is 1.95 bits per heavy atom. The first-order chi connectivity index (χ1) is 9.79. The van der Waals surface area contributed by atoms with Gasteiger partial charge in [-0.2, -0.15) is 0 Å². The smallest absolute Gasteiger partial charge is 0.223 e. The Morgan fingerprint density at radius 3 is 2.60 bits per heavy atom. The summed E-state index contributed by atoms with van der Waals surface area (Å²) in [6.45, 7) is 4.91. The van der Waals surface area contributed by atoms with Crippen molar-refractivity contribution in [3.8, 4) is 0 Å². The highest BCUT2D eigenvalue weighted by Crippen LogP contribution is 2.09. The van der Waals surface area contributed by atoms with Crippen LogP contribution in [0.25, 0.3) is 0 Å². The lowest BCUT2D eigenvalue weighted by molar-refractivity contribution is -0.130. The van der Waals surface area contributed by atoms with E-state index in [1.54, 1.807) is 0 Å². The van der Waals surface area contributed by atoms with E-state index in [4.69, 9.17) is 0 Å². The molecule has 1 amide bonds. The Labute approximate surface area is 122 Å². The Bertz CT molecular complexity index is 399. The van der Waals surface area contributed by atoms with E-state index in [0.29, 0.717) is 18.4 Å². The van der Waals surface area contributed by atoms with Crippen LogP contribution >= 0.6 is 0 Å². The molecule has 0 radical (unpaired) electrons. The van der Waals surface area contributed by atoms with Crippen molar-refractivity contribution in [2.24, 2.45) is 0 Å². The van der Waals surface area contributed by atoms with E-state index < -0.39 is 0 Å². The van der Waals surface area contributed by atoms with Crippen LogP contribution < -0.4 is 5.32 Å². The highest BCUT2D eigenvalue weighted by Gasteiger charge is 2.17. The van der Waals surface area contributed by atoms with Crippen LogP contribution in [0, 0.1) is 0 Å². The minimum Gasteiger partial charge on any atom is -0.343 e. The number of hydrogen-bond acceptors (Lipinski definition) is 2. The van der Waals surface area contributed by atoms with E-state index in [0.717, 1.165) is 32.5 Å². The maximum Gasteiger partial charge on any atom is 0.223 e. The summed E-state index contributed by atoms with van der Waals surface area (Å²) in [4.78, 5) is 14.0. The number of likely N-dealkylation sites (tertiary alicyclic amines) is 1. The van der Waals surface area contributed by atoms with Gasteiger partial charge in [0.15, 0.2) is 0 Å². The van der Waals surface area contributed by atoms with Crippen LogP contribution in [0.4, 0.5) is 0 Å². The van der Waals surface area contributed by atoms with Crippen molar-refractivity contribution in [2.45, 2.75) is 45.1 Å². The molecule has 1 aromatic rings. The zero-order valence-electron chi connectivity index (χ0n) is 12.5. The third-order valence-corrected chi connectivity index (χ3v) is 4.05. The summed E-state index contributed by atoms with van der Waals surface area (Å²) in [5.74, 6) is 0.310. The van der Waals surface area contributed by atoms with E-state index >= 15 is 0 Å². The van der Waals surface area contributed by atoms with Crippen molar-refractivity contribution in [1.82, 2.24) is 10.2 Å². The number of carbonyl (C=O) groups excluding carboxylic acids is 1. The third-order valence-electron chi connectivity index (χ3n) is 4.05. The summed E-state index contributed by atoms with van der Waals surface area (Å²) >= 11 is 0. The predicted octanol–water partition coefficient (Wildman–Crippen LogP) is 2.61. The Hall–Kier alpha value is -1.35. The van der Waals surface area contributed by atoms with Crippen LogP contribution in [0.5, 0.6) is 0 Å². The van der Waals surface area contributed by atoms with Gasteiger partial charge >= 0.3 is 0 Å². The van der Waals surface area contributed by atoms with Gasteiger partial charge < -0.3 is 10.2 Å². The number of amides is 1. The second-order valence-corrected chi connectivity index (χ2v) is 5.59. The van der Waals surface area contributed by atoms with Gasteiger partial charge in [0.2, 0.25) is 5.91 Å². The quantitative estimate of drug-likeness (QED) is 0.829. The third kappa shape index (κ3) is 4.64. The van der Waals surface area contributed by atoms with Gasteiger partial charge in [-0.1, -0.05) is 37.3 Å². The molecule has 2 rings (SSSR count). The van der Waals surface area contributed by atoms with Crippen LogP contribution in [-0.2, 0) is 11.2 Å². The zero-order valence-corrected chi connectivity index (χ0v) is 12.5. The molecule has 0 spiro atoms. The van der Waals surface area contributed by atoms with Crippen LogP contribution in [0.2, 0.25) is 0 Å². The van der Waals surface area contributed by atoms with Gasteiger partial charge in [0.1, 0.15) is 0 Å². The first-order valence-corrected chi connectivity index (χ1v) is 7.84. The molecule has 1 heterocycles. The lowest BCUT2D eigenvalue weighted by Crippen LogP contribution is -2.35. The Morgan fingerprint density at radius 1 is 1.25 bits per heavy atom. The first kappa shape index (κ1) is 15.0. The molecule has 1 fully saturated rings. The standard InChI is InChI=1S/C17H26N2O/c1-2-16(14-15-8-4-3-5-9-15)18-11-10-17(20)19-12-6-7-13-19/h3-5,8-9,16,18H,2,6-7,10-14H2,1H3. The van der Waals surface area contributed by atoms with Crippen molar-refractivity contribution < 1.29 is 4.79 Å². The van der Waals surface area contributed by atoms with E-state index in [2.05, 4.69) is 36.5 Å². The van der Waals surface area contributed by atoms with Crippen LogP contribution in [0.3, 0.4) is 0 Å². The summed E-state index contributed by atoms with van der Waals surface area (Å²) in [5, 5.41) is 3.52. The molecular formula is C17H26N2O. The number of hydrogen-bond donors (Lipinski definition) is 1. The summed E-state index contributed by atoms with van der Waals surface area (Å²) in [5.41, 5.74) is 1.36. The summed E-state index contributed by atoms with van der Waals surface area (Å²) in [7, 11) is 0. The maximum atomic E-state index is 12.0. The predicted molar refractivity (Wildman–Crippen MR) is 82.7 cm³/mol. The van der Waals surface area contributed by atoms with E-state index in [9.17, 15) is 4.79 Å².